The predicted octanol–water partition coefficient (Wildman–Crippen LogP) is 3.03. The van der Waals surface area contributed by atoms with Crippen LogP contribution in [0.2, 0.25) is 0 Å². The molecule has 0 aromatic rings. The van der Waals surface area contributed by atoms with Crippen molar-refractivity contribution in [2.75, 3.05) is 6.54 Å². The van der Waals surface area contributed by atoms with Crippen LogP contribution < -0.4 is 5.32 Å². The summed E-state index contributed by atoms with van der Waals surface area (Å²) in [5, 5.41) is 3.75. The van der Waals surface area contributed by atoms with Gasteiger partial charge < -0.3 is 5.32 Å². The van der Waals surface area contributed by atoms with Crippen LogP contribution in [0.3, 0.4) is 0 Å². The second-order valence-corrected chi connectivity index (χ2v) is 6.22. The van der Waals surface area contributed by atoms with Gasteiger partial charge in [-0.25, -0.2) is 0 Å². The fraction of sp³-hybridized carbons (Fsp3) is 1.00. The van der Waals surface area contributed by atoms with Gasteiger partial charge in [0.1, 0.15) is 0 Å². The van der Waals surface area contributed by atoms with Gasteiger partial charge in [-0.2, -0.15) is 0 Å². The summed E-state index contributed by atoms with van der Waals surface area (Å²) in [6, 6.07) is 3.21. The third kappa shape index (κ3) is 2.85. The zero-order valence-electron chi connectivity index (χ0n) is 12.1. The maximum atomic E-state index is 3.75. The Labute approximate surface area is 107 Å². The van der Waals surface area contributed by atoms with E-state index in [1.165, 1.54) is 38.6 Å². The first-order valence-corrected chi connectivity index (χ1v) is 7.67. The highest BCUT2D eigenvalue weighted by Gasteiger charge is 2.37. The molecular weight excluding hydrogens is 208 g/mol. The molecule has 4 atom stereocenters. The lowest BCUT2D eigenvalue weighted by Crippen LogP contribution is -2.52. The Morgan fingerprint density at radius 1 is 1.12 bits per heavy atom. The number of piperidine rings is 1. The molecule has 1 N–H and O–H groups in total. The van der Waals surface area contributed by atoms with Crippen molar-refractivity contribution in [2.45, 2.75) is 84.0 Å². The summed E-state index contributed by atoms with van der Waals surface area (Å²) in [5.74, 6) is 0.822. The van der Waals surface area contributed by atoms with Crippen molar-refractivity contribution in [3.63, 3.8) is 0 Å². The van der Waals surface area contributed by atoms with E-state index in [1.54, 1.807) is 0 Å². The van der Waals surface area contributed by atoms with Gasteiger partial charge in [-0.05, 0) is 45.1 Å². The molecule has 2 aliphatic rings. The van der Waals surface area contributed by atoms with Crippen LogP contribution in [-0.2, 0) is 0 Å². The number of nitrogens with zero attached hydrogens (tertiary/aromatic N) is 1. The van der Waals surface area contributed by atoms with Crippen molar-refractivity contribution in [3.05, 3.63) is 0 Å². The van der Waals surface area contributed by atoms with E-state index in [0.29, 0.717) is 0 Å². The van der Waals surface area contributed by atoms with Gasteiger partial charge in [0.2, 0.25) is 0 Å². The fourth-order valence-electron chi connectivity index (χ4n) is 3.84. The van der Waals surface area contributed by atoms with E-state index in [-0.39, 0.29) is 0 Å². The van der Waals surface area contributed by atoms with Gasteiger partial charge in [-0.15, -0.1) is 0 Å². The minimum Gasteiger partial charge on any atom is -0.311 e. The molecule has 2 nitrogen and oxygen atoms in total. The summed E-state index contributed by atoms with van der Waals surface area (Å²) in [4.78, 5) is 2.78. The van der Waals surface area contributed by atoms with Crippen LogP contribution in [0, 0.1) is 5.92 Å². The average molecular weight is 238 g/mol. The van der Waals surface area contributed by atoms with E-state index in [9.17, 15) is 0 Å². The first-order valence-electron chi connectivity index (χ1n) is 7.67. The van der Waals surface area contributed by atoms with Gasteiger partial charge in [0.25, 0.3) is 0 Å². The van der Waals surface area contributed by atoms with Crippen LogP contribution in [0.1, 0.15) is 59.8 Å². The Kier molecular flexibility index (Phi) is 4.48. The molecule has 2 heterocycles. The quantitative estimate of drug-likeness (QED) is 0.792. The van der Waals surface area contributed by atoms with Crippen molar-refractivity contribution in [3.8, 4) is 0 Å². The molecule has 0 aromatic carbocycles. The number of rotatable bonds is 5. The zero-order valence-corrected chi connectivity index (χ0v) is 12.1. The van der Waals surface area contributed by atoms with Crippen LogP contribution in [0.25, 0.3) is 0 Å². The Bertz CT molecular complexity index is 229. The highest BCUT2D eigenvalue weighted by molar-refractivity contribution is 4.96. The van der Waals surface area contributed by atoms with Crippen molar-refractivity contribution in [2.24, 2.45) is 5.92 Å². The molecule has 100 valence electrons. The van der Waals surface area contributed by atoms with E-state index in [1.807, 2.05) is 0 Å². The minimum atomic E-state index is 0.743. The van der Waals surface area contributed by atoms with E-state index in [0.717, 1.165) is 30.1 Å². The maximum Gasteiger partial charge on any atom is 0.0128 e. The van der Waals surface area contributed by atoms with Gasteiger partial charge in [0, 0.05) is 24.2 Å². The Morgan fingerprint density at radius 2 is 1.71 bits per heavy atom. The molecule has 2 bridgehead atoms. The van der Waals surface area contributed by atoms with Gasteiger partial charge in [-0.1, -0.05) is 27.2 Å². The van der Waals surface area contributed by atoms with E-state index in [4.69, 9.17) is 0 Å². The normalized spacial score (nSPS) is 36.2. The number of nitrogens with one attached hydrogen (secondary N) is 1. The molecule has 2 aliphatic heterocycles. The number of fused-ring (bicyclic) bond motifs is 2. The van der Waals surface area contributed by atoms with E-state index < -0.39 is 0 Å². The lowest BCUT2D eigenvalue weighted by molar-refractivity contribution is 0.0795. The highest BCUT2D eigenvalue weighted by atomic mass is 15.2. The van der Waals surface area contributed by atoms with E-state index >= 15 is 0 Å². The van der Waals surface area contributed by atoms with Crippen molar-refractivity contribution < 1.29 is 0 Å². The van der Waals surface area contributed by atoms with Crippen LogP contribution in [-0.4, -0.2) is 35.6 Å². The van der Waals surface area contributed by atoms with Crippen molar-refractivity contribution in [1.82, 2.24) is 10.2 Å². The Hall–Kier alpha value is -0.0800. The van der Waals surface area contributed by atoms with Crippen molar-refractivity contribution in [1.29, 1.82) is 0 Å². The molecule has 17 heavy (non-hydrogen) atoms. The SMILES string of the molecule is CCC(C)C(C)N(CC)C1CC2CCC(C1)N2. The molecule has 0 spiro atoms. The van der Waals surface area contributed by atoms with Crippen LogP contribution in [0.5, 0.6) is 0 Å². The molecule has 0 amide bonds. The van der Waals surface area contributed by atoms with Gasteiger partial charge in [0.05, 0.1) is 0 Å². The second kappa shape index (κ2) is 5.71. The molecule has 2 saturated heterocycles. The zero-order chi connectivity index (χ0) is 12.4. The average Bonchev–Trinajstić information content (AvgIpc) is 2.68. The van der Waals surface area contributed by atoms with Gasteiger partial charge >= 0.3 is 0 Å². The lowest BCUT2D eigenvalue weighted by Gasteiger charge is -2.42. The fourth-order valence-corrected chi connectivity index (χ4v) is 3.84. The van der Waals surface area contributed by atoms with Crippen LogP contribution in [0.4, 0.5) is 0 Å². The summed E-state index contributed by atoms with van der Waals surface area (Å²) in [7, 11) is 0. The molecular formula is C15H30N2. The molecule has 0 aliphatic carbocycles. The third-order valence-electron chi connectivity index (χ3n) is 5.27. The van der Waals surface area contributed by atoms with Crippen molar-refractivity contribution >= 4 is 0 Å². The van der Waals surface area contributed by atoms with Crippen LogP contribution >= 0.6 is 0 Å². The number of hydrogen-bond donors (Lipinski definition) is 1. The third-order valence-corrected chi connectivity index (χ3v) is 5.27. The predicted molar refractivity (Wildman–Crippen MR) is 74.3 cm³/mol. The molecule has 2 fully saturated rings. The van der Waals surface area contributed by atoms with Gasteiger partial charge in [-0.3, -0.25) is 4.90 Å². The first kappa shape index (κ1) is 13.4. The number of hydrogen-bond acceptors (Lipinski definition) is 2. The summed E-state index contributed by atoms with van der Waals surface area (Å²) in [6.07, 6.45) is 6.89. The van der Waals surface area contributed by atoms with Gasteiger partial charge in [0.15, 0.2) is 0 Å². The lowest BCUT2D eigenvalue weighted by atomic mass is 9.92. The van der Waals surface area contributed by atoms with E-state index in [2.05, 4.69) is 37.9 Å². The topological polar surface area (TPSA) is 15.3 Å². The molecule has 0 saturated carbocycles. The summed E-state index contributed by atoms with van der Waals surface area (Å²) in [6.45, 7) is 10.7. The standard InChI is InChI=1S/C15H30N2/c1-5-11(3)12(4)17(6-2)15-9-13-7-8-14(10-15)16-13/h11-16H,5-10H2,1-4H3. The monoisotopic (exact) mass is 238 g/mol. The second-order valence-electron chi connectivity index (χ2n) is 6.22. The molecule has 0 radical (unpaired) electrons. The maximum absolute atomic E-state index is 3.75. The molecule has 0 aromatic heterocycles. The summed E-state index contributed by atoms with van der Waals surface area (Å²) >= 11 is 0. The smallest absolute Gasteiger partial charge is 0.0128 e. The summed E-state index contributed by atoms with van der Waals surface area (Å²) in [5.41, 5.74) is 0. The molecule has 4 unspecified atom stereocenters. The summed E-state index contributed by atoms with van der Waals surface area (Å²) < 4.78 is 0. The Morgan fingerprint density at radius 3 is 2.18 bits per heavy atom. The van der Waals surface area contributed by atoms with Crippen LogP contribution in [0.15, 0.2) is 0 Å². The minimum absolute atomic E-state index is 0.743. The molecule has 2 rings (SSSR count). The highest BCUT2D eigenvalue weighted by Crippen LogP contribution is 2.31. The molecule has 2 heteroatoms. The first-order chi connectivity index (χ1) is 8.15. The largest absolute Gasteiger partial charge is 0.311 e. The Balaban J connectivity index is 1.98.